The van der Waals surface area contributed by atoms with E-state index in [1.807, 2.05) is 6.92 Å². The standard InChI is InChI=1S/C24H31N3O7S2/c1-18-6-11-22-21(16-18)27(35(2,29)30)17-23(34-22)24(28)25-12-15-33-19-7-9-20(10-8-19)36(31,32)26-13-4-3-5-14-26/h6-11,16,23H,3-5,12-15,17H2,1-2H3,(H,25,28)/t23-/m0/s1. The van der Waals surface area contributed by atoms with Crippen LogP contribution in [0.1, 0.15) is 24.8 Å². The van der Waals surface area contributed by atoms with Crippen LogP contribution >= 0.6 is 0 Å². The lowest BCUT2D eigenvalue weighted by atomic mass is 10.1. The number of aryl methyl sites for hydroxylation is 1. The van der Waals surface area contributed by atoms with E-state index in [2.05, 4.69) is 5.32 Å². The van der Waals surface area contributed by atoms with Crippen molar-refractivity contribution in [2.45, 2.75) is 37.2 Å². The molecule has 0 aromatic heterocycles. The summed E-state index contributed by atoms with van der Waals surface area (Å²) in [7, 11) is -7.11. The van der Waals surface area contributed by atoms with Crippen LogP contribution < -0.4 is 19.1 Å². The third kappa shape index (κ3) is 5.93. The highest BCUT2D eigenvalue weighted by molar-refractivity contribution is 7.92. The maximum atomic E-state index is 12.7. The summed E-state index contributed by atoms with van der Waals surface area (Å²) in [6.45, 7) is 3.10. The van der Waals surface area contributed by atoms with Gasteiger partial charge in [-0.15, -0.1) is 0 Å². The molecule has 1 atom stereocenters. The van der Waals surface area contributed by atoms with Gasteiger partial charge in [0, 0.05) is 13.1 Å². The summed E-state index contributed by atoms with van der Waals surface area (Å²) in [4.78, 5) is 12.9. The second kappa shape index (κ2) is 10.7. The number of rotatable bonds is 8. The molecule has 2 heterocycles. The van der Waals surface area contributed by atoms with Gasteiger partial charge in [0.1, 0.15) is 18.1 Å². The third-order valence-corrected chi connectivity index (χ3v) is 9.18. The minimum absolute atomic E-state index is 0.130. The predicted octanol–water partition coefficient (Wildman–Crippen LogP) is 1.89. The summed E-state index contributed by atoms with van der Waals surface area (Å²) in [5, 5.41) is 2.70. The quantitative estimate of drug-likeness (QED) is 0.510. The Morgan fingerprint density at radius 2 is 1.75 bits per heavy atom. The molecule has 2 aliphatic rings. The number of hydrogen-bond acceptors (Lipinski definition) is 7. The van der Waals surface area contributed by atoms with E-state index in [1.54, 1.807) is 30.3 Å². The molecule has 2 aromatic rings. The Morgan fingerprint density at radius 1 is 1.06 bits per heavy atom. The predicted molar refractivity (Wildman–Crippen MR) is 135 cm³/mol. The molecule has 0 aliphatic carbocycles. The zero-order chi connectivity index (χ0) is 25.9. The van der Waals surface area contributed by atoms with E-state index in [-0.39, 0.29) is 24.6 Å². The first kappa shape index (κ1) is 26.2. The van der Waals surface area contributed by atoms with Crippen LogP contribution in [0.25, 0.3) is 0 Å². The number of sulfonamides is 2. The number of ether oxygens (including phenoxy) is 2. The molecule has 0 saturated carbocycles. The number of carbonyl (C=O) groups excluding carboxylic acids is 1. The molecule has 2 aliphatic heterocycles. The Balaban J connectivity index is 1.30. The van der Waals surface area contributed by atoms with E-state index in [1.165, 1.54) is 20.7 Å². The highest BCUT2D eigenvalue weighted by atomic mass is 32.2. The van der Waals surface area contributed by atoms with Crippen molar-refractivity contribution in [2.75, 3.05) is 43.3 Å². The molecular formula is C24H31N3O7S2. The van der Waals surface area contributed by atoms with E-state index in [4.69, 9.17) is 9.47 Å². The van der Waals surface area contributed by atoms with Gasteiger partial charge in [-0.3, -0.25) is 9.10 Å². The Bertz CT molecular complexity index is 1310. The number of anilines is 1. The van der Waals surface area contributed by atoms with E-state index < -0.39 is 32.1 Å². The van der Waals surface area contributed by atoms with Crippen molar-refractivity contribution in [2.24, 2.45) is 0 Å². The smallest absolute Gasteiger partial charge is 0.263 e. The molecular weight excluding hydrogens is 506 g/mol. The fraction of sp³-hybridized carbons (Fsp3) is 0.458. The average molecular weight is 538 g/mol. The zero-order valence-electron chi connectivity index (χ0n) is 20.3. The number of amides is 1. The molecule has 0 spiro atoms. The Labute approximate surface area is 212 Å². The molecule has 0 radical (unpaired) electrons. The second-order valence-corrected chi connectivity index (χ2v) is 12.8. The molecule has 1 N–H and O–H groups in total. The minimum atomic E-state index is -3.60. The number of benzene rings is 2. The molecule has 0 bridgehead atoms. The molecule has 4 rings (SSSR count). The average Bonchev–Trinajstić information content (AvgIpc) is 2.86. The number of nitrogens with zero attached hydrogens (tertiary/aromatic N) is 2. The zero-order valence-corrected chi connectivity index (χ0v) is 22.0. The summed E-state index contributed by atoms with van der Waals surface area (Å²) >= 11 is 0. The van der Waals surface area contributed by atoms with Crippen molar-refractivity contribution in [3.05, 3.63) is 48.0 Å². The lowest BCUT2D eigenvalue weighted by Gasteiger charge is -2.34. The fourth-order valence-electron chi connectivity index (χ4n) is 4.23. The van der Waals surface area contributed by atoms with Gasteiger partial charge < -0.3 is 14.8 Å². The summed E-state index contributed by atoms with van der Waals surface area (Å²) in [6, 6.07) is 11.4. The second-order valence-electron chi connectivity index (χ2n) is 8.95. The topological polar surface area (TPSA) is 122 Å². The maximum Gasteiger partial charge on any atom is 0.263 e. The molecule has 10 nitrogen and oxygen atoms in total. The summed E-state index contributed by atoms with van der Waals surface area (Å²) in [6.07, 6.45) is 2.88. The van der Waals surface area contributed by atoms with Crippen molar-refractivity contribution >= 4 is 31.6 Å². The molecule has 1 fully saturated rings. The number of nitrogens with one attached hydrogen (secondary N) is 1. The van der Waals surface area contributed by atoms with E-state index >= 15 is 0 Å². The first-order valence-corrected chi connectivity index (χ1v) is 15.1. The maximum absolute atomic E-state index is 12.7. The number of carbonyl (C=O) groups is 1. The molecule has 2 aromatic carbocycles. The molecule has 1 amide bonds. The lowest BCUT2D eigenvalue weighted by Crippen LogP contribution is -2.51. The van der Waals surface area contributed by atoms with Crippen LogP contribution in [0.2, 0.25) is 0 Å². The first-order valence-electron chi connectivity index (χ1n) is 11.8. The van der Waals surface area contributed by atoms with Crippen LogP contribution in [0.5, 0.6) is 11.5 Å². The summed E-state index contributed by atoms with van der Waals surface area (Å²) < 4.78 is 64.2. The monoisotopic (exact) mass is 537 g/mol. The number of piperidine rings is 1. The van der Waals surface area contributed by atoms with Crippen LogP contribution in [0.4, 0.5) is 5.69 Å². The highest BCUT2D eigenvalue weighted by Gasteiger charge is 2.35. The molecule has 36 heavy (non-hydrogen) atoms. The Kier molecular flexibility index (Phi) is 7.76. The van der Waals surface area contributed by atoms with E-state index in [0.29, 0.717) is 30.3 Å². The van der Waals surface area contributed by atoms with E-state index in [0.717, 1.165) is 31.1 Å². The van der Waals surface area contributed by atoms with Gasteiger partial charge in [0.25, 0.3) is 5.91 Å². The van der Waals surface area contributed by atoms with Crippen molar-refractivity contribution < 1.29 is 31.1 Å². The molecule has 1 saturated heterocycles. The van der Waals surface area contributed by atoms with Crippen LogP contribution in [-0.4, -0.2) is 72.2 Å². The SMILES string of the molecule is Cc1ccc2c(c1)N(S(C)(=O)=O)C[C@@H](C(=O)NCCOc1ccc(S(=O)(=O)N3CCCCC3)cc1)O2. The minimum Gasteiger partial charge on any atom is -0.492 e. The van der Waals surface area contributed by atoms with Gasteiger partial charge in [0.15, 0.2) is 6.10 Å². The first-order chi connectivity index (χ1) is 17.1. The van der Waals surface area contributed by atoms with E-state index in [9.17, 15) is 21.6 Å². The Hall–Kier alpha value is -2.83. The van der Waals surface area contributed by atoms with Gasteiger partial charge in [-0.2, -0.15) is 4.31 Å². The van der Waals surface area contributed by atoms with Crippen molar-refractivity contribution in [3.63, 3.8) is 0 Å². The van der Waals surface area contributed by atoms with Gasteiger partial charge in [0.05, 0.1) is 29.9 Å². The summed E-state index contributed by atoms with van der Waals surface area (Å²) in [5.41, 5.74) is 1.29. The van der Waals surface area contributed by atoms with Gasteiger partial charge in [-0.1, -0.05) is 12.5 Å². The lowest BCUT2D eigenvalue weighted by molar-refractivity contribution is -0.127. The van der Waals surface area contributed by atoms with Crippen molar-refractivity contribution in [1.82, 2.24) is 9.62 Å². The van der Waals surface area contributed by atoms with Gasteiger partial charge in [0.2, 0.25) is 20.0 Å². The van der Waals surface area contributed by atoms with Crippen LogP contribution in [0.3, 0.4) is 0 Å². The number of fused-ring (bicyclic) bond motifs is 1. The highest BCUT2D eigenvalue weighted by Crippen LogP contribution is 2.35. The normalized spacial score (nSPS) is 18.7. The molecule has 196 valence electrons. The summed E-state index contributed by atoms with van der Waals surface area (Å²) in [5.74, 6) is 0.345. The number of hydrogen-bond donors (Lipinski definition) is 1. The largest absolute Gasteiger partial charge is 0.492 e. The van der Waals surface area contributed by atoms with Crippen LogP contribution in [-0.2, 0) is 24.8 Å². The van der Waals surface area contributed by atoms with Crippen LogP contribution in [0, 0.1) is 6.92 Å². The van der Waals surface area contributed by atoms with Crippen molar-refractivity contribution in [1.29, 1.82) is 0 Å². The van der Waals surface area contributed by atoms with Crippen molar-refractivity contribution in [3.8, 4) is 11.5 Å². The van der Waals surface area contributed by atoms with Gasteiger partial charge in [-0.25, -0.2) is 16.8 Å². The third-order valence-electron chi connectivity index (χ3n) is 6.12. The molecule has 12 heteroatoms. The Morgan fingerprint density at radius 3 is 2.42 bits per heavy atom. The van der Waals surface area contributed by atoms with Gasteiger partial charge >= 0.3 is 0 Å². The fourth-order valence-corrected chi connectivity index (χ4v) is 6.65. The van der Waals surface area contributed by atoms with Gasteiger partial charge in [-0.05, 0) is 61.7 Å². The van der Waals surface area contributed by atoms with Crippen LogP contribution in [0.15, 0.2) is 47.4 Å². The molecule has 0 unspecified atom stereocenters.